The van der Waals surface area contributed by atoms with Crippen LogP contribution in [0.3, 0.4) is 0 Å². The Labute approximate surface area is 110 Å². The molecule has 1 aromatic rings. The molecule has 3 rings (SSSR count). The van der Waals surface area contributed by atoms with Gasteiger partial charge < -0.3 is 4.90 Å². The summed E-state index contributed by atoms with van der Waals surface area (Å²) >= 11 is 0. The number of hydrogen-bond donors (Lipinski definition) is 0. The van der Waals surface area contributed by atoms with Crippen molar-refractivity contribution in [2.45, 2.75) is 70.4 Å². The van der Waals surface area contributed by atoms with Crippen molar-refractivity contribution in [2.75, 3.05) is 4.90 Å². The maximum atomic E-state index is 4.62. The molecule has 18 heavy (non-hydrogen) atoms. The van der Waals surface area contributed by atoms with E-state index in [2.05, 4.69) is 35.6 Å². The van der Waals surface area contributed by atoms with E-state index in [1.54, 1.807) is 0 Å². The van der Waals surface area contributed by atoms with Crippen molar-refractivity contribution in [2.24, 2.45) is 0 Å². The van der Waals surface area contributed by atoms with Crippen LogP contribution in [0.2, 0.25) is 0 Å². The van der Waals surface area contributed by atoms with Crippen molar-refractivity contribution in [1.29, 1.82) is 0 Å². The lowest BCUT2D eigenvalue weighted by atomic mass is 9.89. The Morgan fingerprint density at radius 1 is 1.00 bits per heavy atom. The average molecular weight is 245 g/mol. The Kier molecular flexibility index (Phi) is 2.80. The predicted octanol–water partition coefficient (Wildman–Crippen LogP) is 3.30. The highest BCUT2D eigenvalue weighted by Gasteiger charge is 2.37. The monoisotopic (exact) mass is 245 g/mol. The van der Waals surface area contributed by atoms with Crippen molar-refractivity contribution < 1.29 is 0 Å². The molecule has 3 nitrogen and oxygen atoms in total. The third-order valence-corrected chi connectivity index (χ3v) is 4.43. The van der Waals surface area contributed by atoms with E-state index in [4.69, 9.17) is 0 Å². The molecule has 0 spiro atoms. The van der Waals surface area contributed by atoms with Crippen LogP contribution in [0.5, 0.6) is 0 Å². The minimum absolute atomic E-state index is 0.138. The second-order valence-electron chi connectivity index (χ2n) is 6.74. The first kappa shape index (κ1) is 11.9. The van der Waals surface area contributed by atoms with Gasteiger partial charge in [-0.15, -0.1) is 0 Å². The van der Waals surface area contributed by atoms with E-state index >= 15 is 0 Å². The van der Waals surface area contributed by atoms with E-state index in [1.807, 2.05) is 12.4 Å². The molecule has 3 heterocycles. The molecule has 0 amide bonds. The zero-order valence-electron chi connectivity index (χ0n) is 11.7. The minimum atomic E-state index is 0.138. The van der Waals surface area contributed by atoms with Crippen LogP contribution in [0.25, 0.3) is 0 Å². The molecule has 2 unspecified atom stereocenters. The van der Waals surface area contributed by atoms with Gasteiger partial charge in [0.2, 0.25) is 5.95 Å². The molecular formula is C15H23N3. The van der Waals surface area contributed by atoms with Crippen molar-refractivity contribution in [3.8, 4) is 0 Å². The summed E-state index contributed by atoms with van der Waals surface area (Å²) < 4.78 is 0. The number of piperidine rings is 1. The molecule has 2 bridgehead atoms. The summed E-state index contributed by atoms with van der Waals surface area (Å²) in [6.45, 7) is 6.61. The lowest BCUT2D eigenvalue weighted by molar-refractivity contribution is 0.459. The quantitative estimate of drug-likeness (QED) is 0.760. The van der Waals surface area contributed by atoms with Crippen LogP contribution in [0, 0.1) is 0 Å². The maximum Gasteiger partial charge on any atom is 0.225 e. The lowest BCUT2D eigenvalue weighted by Crippen LogP contribution is -2.40. The molecular weight excluding hydrogens is 222 g/mol. The molecule has 0 aromatic carbocycles. The fourth-order valence-electron chi connectivity index (χ4n) is 3.29. The van der Waals surface area contributed by atoms with Crippen LogP contribution in [0.15, 0.2) is 12.4 Å². The Hall–Kier alpha value is -1.12. The highest BCUT2D eigenvalue weighted by Crippen LogP contribution is 2.37. The van der Waals surface area contributed by atoms with Crippen LogP contribution in [0.1, 0.15) is 58.4 Å². The molecule has 2 aliphatic heterocycles. The lowest BCUT2D eigenvalue weighted by Gasteiger charge is -2.35. The Balaban J connectivity index is 1.85. The Morgan fingerprint density at radius 2 is 1.56 bits per heavy atom. The summed E-state index contributed by atoms with van der Waals surface area (Å²) in [5.74, 6) is 0.954. The van der Waals surface area contributed by atoms with Gasteiger partial charge in [0, 0.05) is 24.5 Å². The number of nitrogens with zero attached hydrogens (tertiary/aromatic N) is 3. The summed E-state index contributed by atoms with van der Waals surface area (Å²) in [5.41, 5.74) is 1.36. The van der Waals surface area contributed by atoms with Crippen molar-refractivity contribution in [3.63, 3.8) is 0 Å². The molecule has 2 atom stereocenters. The van der Waals surface area contributed by atoms with Gasteiger partial charge in [-0.2, -0.15) is 0 Å². The van der Waals surface area contributed by atoms with Gasteiger partial charge in [0.15, 0.2) is 0 Å². The van der Waals surface area contributed by atoms with Crippen LogP contribution in [-0.4, -0.2) is 22.1 Å². The normalized spacial score (nSPS) is 27.6. The van der Waals surface area contributed by atoms with Gasteiger partial charge in [-0.25, -0.2) is 9.97 Å². The second-order valence-corrected chi connectivity index (χ2v) is 6.74. The van der Waals surface area contributed by atoms with Gasteiger partial charge in [-0.05, 0) is 43.1 Å². The smallest absolute Gasteiger partial charge is 0.225 e. The first-order chi connectivity index (χ1) is 8.55. The van der Waals surface area contributed by atoms with Gasteiger partial charge in [0.25, 0.3) is 0 Å². The van der Waals surface area contributed by atoms with E-state index in [-0.39, 0.29) is 5.41 Å². The van der Waals surface area contributed by atoms with Gasteiger partial charge in [-0.3, -0.25) is 0 Å². The molecule has 1 aromatic heterocycles. The second kappa shape index (κ2) is 4.22. The summed E-state index contributed by atoms with van der Waals surface area (Å²) in [4.78, 5) is 11.7. The molecule has 2 fully saturated rings. The predicted molar refractivity (Wildman–Crippen MR) is 73.9 cm³/mol. The van der Waals surface area contributed by atoms with Crippen LogP contribution in [0.4, 0.5) is 5.95 Å². The van der Waals surface area contributed by atoms with E-state index in [9.17, 15) is 0 Å². The van der Waals surface area contributed by atoms with Crippen molar-refractivity contribution >= 4 is 5.95 Å². The summed E-state index contributed by atoms with van der Waals surface area (Å²) in [5, 5.41) is 0. The molecule has 98 valence electrons. The van der Waals surface area contributed by atoms with Gasteiger partial charge >= 0.3 is 0 Å². The highest BCUT2D eigenvalue weighted by molar-refractivity contribution is 5.37. The number of rotatable bonds is 1. The minimum Gasteiger partial charge on any atom is -0.335 e. The zero-order chi connectivity index (χ0) is 12.8. The number of aromatic nitrogens is 2. The highest BCUT2D eigenvalue weighted by atomic mass is 15.3. The van der Waals surface area contributed by atoms with E-state index in [1.165, 1.54) is 37.7 Å². The summed E-state index contributed by atoms with van der Waals surface area (Å²) in [6, 6.07) is 1.40. The number of fused-ring (bicyclic) bond motifs is 2. The fourth-order valence-corrected chi connectivity index (χ4v) is 3.29. The van der Waals surface area contributed by atoms with Crippen LogP contribution >= 0.6 is 0 Å². The molecule has 0 radical (unpaired) electrons. The average Bonchev–Trinajstić information content (AvgIpc) is 2.58. The molecule has 3 heteroatoms. The van der Waals surface area contributed by atoms with Crippen molar-refractivity contribution in [1.82, 2.24) is 9.97 Å². The van der Waals surface area contributed by atoms with Gasteiger partial charge in [0.1, 0.15) is 0 Å². The van der Waals surface area contributed by atoms with Crippen molar-refractivity contribution in [3.05, 3.63) is 18.0 Å². The van der Waals surface area contributed by atoms with E-state index in [0.717, 1.165) is 5.95 Å². The maximum absolute atomic E-state index is 4.62. The SMILES string of the molecule is CC(C)(C)c1cnc(N2C3CCCC2CC3)nc1. The topological polar surface area (TPSA) is 29.0 Å². The summed E-state index contributed by atoms with van der Waals surface area (Å²) in [7, 11) is 0. The molecule has 0 aliphatic carbocycles. The summed E-state index contributed by atoms with van der Waals surface area (Å²) in [6.07, 6.45) is 10.7. The van der Waals surface area contributed by atoms with E-state index < -0.39 is 0 Å². The standard InChI is InChI=1S/C15H23N3/c1-15(2,3)11-9-16-14(17-10-11)18-12-5-4-6-13(18)8-7-12/h9-10,12-13H,4-8H2,1-3H3. The third-order valence-electron chi connectivity index (χ3n) is 4.43. The molecule has 0 saturated carbocycles. The van der Waals surface area contributed by atoms with Gasteiger partial charge in [0.05, 0.1) is 0 Å². The number of hydrogen-bond acceptors (Lipinski definition) is 3. The molecule has 2 saturated heterocycles. The van der Waals surface area contributed by atoms with E-state index in [0.29, 0.717) is 12.1 Å². The van der Waals surface area contributed by atoms with Gasteiger partial charge in [-0.1, -0.05) is 20.8 Å². The Bertz CT molecular complexity index is 402. The zero-order valence-corrected chi connectivity index (χ0v) is 11.7. The first-order valence-corrected chi connectivity index (χ1v) is 7.16. The Morgan fingerprint density at radius 3 is 2.06 bits per heavy atom. The fraction of sp³-hybridized carbons (Fsp3) is 0.733. The molecule has 2 aliphatic rings. The third kappa shape index (κ3) is 2.00. The largest absolute Gasteiger partial charge is 0.335 e. The van der Waals surface area contributed by atoms with Crippen LogP contribution in [-0.2, 0) is 5.41 Å². The first-order valence-electron chi connectivity index (χ1n) is 7.16. The number of anilines is 1. The van der Waals surface area contributed by atoms with Crippen LogP contribution < -0.4 is 4.90 Å². The molecule has 0 N–H and O–H groups in total.